The number of aryl methyl sites for hydroxylation is 1. The highest BCUT2D eigenvalue weighted by Gasteiger charge is 2.22. The van der Waals surface area contributed by atoms with Crippen LogP contribution >= 0.6 is 0 Å². The van der Waals surface area contributed by atoms with Crippen LogP contribution in [0.25, 0.3) is 0 Å². The third kappa shape index (κ3) is 3.75. The van der Waals surface area contributed by atoms with Gasteiger partial charge in [0.1, 0.15) is 0 Å². The molecule has 0 aromatic heterocycles. The van der Waals surface area contributed by atoms with Gasteiger partial charge in [0, 0.05) is 18.2 Å². The Bertz CT molecular complexity index is 462. The highest BCUT2D eigenvalue weighted by Crippen LogP contribution is 2.24. The fourth-order valence-electron chi connectivity index (χ4n) is 2.62. The summed E-state index contributed by atoms with van der Waals surface area (Å²) in [5.41, 5.74) is 1.79. The van der Waals surface area contributed by atoms with Crippen LogP contribution in [0.15, 0.2) is 18.2 Å². The van der Waals surface area contributed by atoms with Gasteiger partial charge >= 0.3 is 0 Å². The van der Waals surface area contributed by atoms with Gasteiger partial charge in [-0.15, -0.1) is 0 Å². The zero-order valence-corrected chi connectivity index (χ0v) is 11.1. The average molecular weight is 264 g/mol. The quantitative estimate of drug-likeness (QED) is 0.631. The normalized spacial score (nSPS) is 22.6. The van der Waals surface area contributed by atoms with E-state index >= 15 is 0 Å². The van der Waals surface area contributed by atoms with Gasteiger partial charge in [0.25, 0.3) is 5.69 Å². The van der Waals surface area contributed by atoms with Crippen LogP contribution in [0, 0.1) is 23.0 Å². The van der Waals surface area contributed by atoms with Gasteiger partial charge in [0.05, 0.1) is 11.0 Å². The molecule has 19 heavy (non-hydrogen) atoms. The highest BCUT2D eigenvalue weighted by molar-refractivity contribution is 5.42. The highest BCUT2D eigenvalue weighted by atomic mass is 16.6. The van der Waals surface area contributed by atoms with E-state index in [0.29, 0.717) is 18.0 Å². The van der Waals surface area contributed by atoms with Crippen molar-refractivity contribution >= 4 is 5.69 Å². The van der Waals surface area contributed by atoms with Crippen molar-refractivity contribution in [1.29, 1.82) is 0 Å². The van der Waals surface area contributed by atoms with Crippen LogP contribution < -0.4 is 5.32 Å². The fraction of sp³-hybridized carbons (Fsp3) is 0.571. The number of nitro groups is 1. The van der Waals surface area contributed by atoms with Gasteiger partial charge < -0.3 is 10.4 Å². The Balaban J connectivity index is 1.86. The zero-order valence-electron chi connectivity index (χ0n) is 11.1. The first-order valence-corrected chi connectivity index (χ1v) is 6.69. The molecule has 0 heterocycles. The molecule has 1 fully saturated rings. The molecule has 1 aromatic carbocycles. The zero-order chi connectivity index (χ0) is 13.8. The Morgan fingerprint density at radius 1 is 1.47 bits per heavy atom. The lowest BCUT2D eigenvalue weighted by molar-refractivity contribution is -0.385. The van der Waals surface area contributed by atoms with Crippen molar-refractivity contribution in [1.82, 2.24) is 5.32 Å². The summed E-state index contributed by atoms with van der Waals surface area (Å²) in [5.74, 6) is 0.524. The Morgan fingerprint density at radius 3 is 2.89 bits per heavy atom. The number of aliphatic hydroxyl groups is 1. The second kappa shape index (κ2) is 6.12. The van der Waals surface area contributed by atoms with E-state index in [1.807, 2.05) is 6.07 Å². The summed E-state index contributed by atoms with van der Waals surface area (Å²) in [6.45, 7) is 3.24. The first kappa shape index (κ1) is 14.0. The minimum absolute atomic E-state index is 0.146. The Morgan fingerprint density at radius 2 is 2.26 bits per heavy atom. The van der Waals surface area contributed by atoms with E-state index in [4.69, 9.17) is 0 Å². The number of nitrogens with one attached hydrogen (secondary N) is 1. The topological polar surface area (TPSA) is 75.4 Å². The molecule has 0 amide bonds. The fourth-order valence-corrected chi connectivity index (χ4v) is 2.62. The number of nitrogens with zero attached hydrogens (tertiary/aromatic N) is 1. The second-order valence-electron chi connectivity index (χ2n) is 5.34. The molecule has 2 rings (SSSR count). The van der Waals surface area contributed by atoms with E-state index in [1.165, 1.54) is 0 Å². The molecule has 5 nitrogen and oxygen atoms in total. The lowest BCUT2D eigenvalue weighted by Gasteiger charge is -2.11. The first-order chi connectivity index (χ1) is 9.06. The van der Waals surface area contributed by atoms with E-state index < -0.39 is 0 Å². The van der Waals surface area contributed by atoms with Crippen molar-refractivity contribution in [2.45, 2.75) is 38.8 Å². The van der Waals surface area contributed by atoms with Gasteiger partial charge in [-0.2, -0.15) is 0 Å². The van der Waals surface area contributed by atoms with Gasteiger partial charge in [-0.3, -0.25) is 10.1 Å². The van der Waals surface area contributed by atoms with Crippen molar-refractivity contribution in [2.75, 3.05) is 6.54 Å². The SMILES string of the molecule is Cc1ccc(CNCC2CCC(O)C2)cc1[N+](=O)[O-]. The summed E-state index contributed by atoms with van der Waals surface area (Å²) in [5, 5.41) is 23.6. The summed E-state index contributed by atoms with van der Waals surface area (Å²) in [7, 11) is 0. The number of rotatable bonds is 5. The third-order valence-electron chi connectivity index (χ3n) is 3.75. The predicted molar refractivity (Wildman–Crippen MR) is 72.9 cm³/mol. The van der Waals surface area contributed by atoms with E-state index in [2.05, 4.69) is 5.32 Å². The van der Waals surface area contributed by atoms with Crippen LogP contribution in [-0.2, 0) is 6.54 Å². The number of hydrogen-bond acceptors (Lipinski definition) is 4. The van der Waals surface area contributed by atoms with Crippen LogP contribution in [0.3, 0.4) is 0 Å². The van der Waals surface area contributed by atoms with Crippen LogP contribution in [0.4, 0.5) is 5.69 Å². The molecule has 2 N–H and O–H groups in total. The molecule has 5 heteroatoms. The van der Waals surface area contributed by atoms with E-state index in [0.717, 1.165) is 31.4 Å². The van der Waals surface area contributed by atoms with E-state index in [1.54, 1.807) is 19.1 Å². The largest absolute Gasteiger partial charge is 0.393 e. The minimum atomic E-state index is -0.341. The smallest absolute Gasteiger partial charge is 0.272 e. The van der Waals surface area contributed by atoms with Crippen LogP contribution in [0.1, 0.15) is 30.4 Å². The Kier molecular flexibility index (Phi) is 4.50. The average Bonchev–Trinajstić information content (AvgIpc) is 2.77. The lowest BCUT2D eigenvalue weighted by Crippen LogP contribution is -2.21. The summed E-state index contributed by atoms with van der Waals surface area (Å²) >= 11 is 0. The number of hydrogen-bond donors (Lipinski definition) is 2. The van der Waals surface area contributed by atoms with Crippen molar-refractivity contribution in [3.63, 3.8) is 0 Å². The number of nitro benzene ring substituents is 1. The molecule has 1 aliphatic carbocycles. The lowest BCUT2D eigenvalue weighted by atomic mass is 10.1. The van der Waals surface area contributed by atoms with Gasteiger partial charge in [0.2, 0.25) is 0 Å². The molecule has 0 saturated heterocycles. The molecule has 0 aliphatic heterocycles. The Labute approximate surface area is 112 Å². The summed E-state index contributed by atoms with van der Waals surface area (Å²) < 4.78 is 0. The third-order valence-corrected chi connectivity index (χ3v) is 3.75. The van der Waals surface area contributed by atoms with Gasteiger partial charge in [-0.1, -0.05) is 12.1 Å². The maximum absolute atomic E-state index is 10.9. The molecular weight excluding hydrogens is 244 g/mol. The van der Waals surface area contributed by atoms with Crippen LogP contribution in [-0.4, -0.2) is 22.7 Å². The number of aliphatic hydroxyl groups excluding tert-OH is 1. The standard InChI is InChI=1S/C14H20N2O3/c1-10-2-3-12(7-14(10)16(18)19)9-15-8-11-4-5-13(17)6-11/h2-3,7,11,13,15,17H,4-6,8-9H2,1H3. The molecule has 2 atom stereocenters. The predicted octanol–water partition coefficient (Wildman–Crippen LogP) is 2.15. The van der Waals surface area contributed by atoms with Gasteiger partial charge in [-0.05, 0) is 44.2 Å². The molecule has 1 aliphatic rings. The van der Waals surface area contributed by atoms with Gasteiger partial charge in [-0.25, -0.2) is 0 Å². The summed E-state index contributed by atoms with van der Waals surface area (Å²) in [6, 6.07) is 5.33. The second-order valence-corrected chi connectivity index (χ2v) is 5.34. The van der Waals surface area contributed by atoms with Crippen molar-refractivity contribution in [2.24, 2.45) is 5.92 Å². The monoisotopic (exact) mass is 264 g/mol. The molecule has 0 spiro atoms. The summed E-state index contributed by atoms with van der Waals surface area (Å²) in [4.78, 5) is 10.5. The van der Waals surface area contributed by atoms with Crippen molar-refractivity contribution < 1.29 is 10.0 Å². The molecular formula is C14H20N2O3. The maximum atomic E-state index is 10.9. The van der Waals surface area contributed by atoms with Crippen LogP contribution in [0.2, 0.25) is 0 Å². The molecule has 1 aromatic rings. The summed E-state index contributed by atoms with van der Waals surface area (Å²) in [6.07, 6.45) is 2.67. The minimum Gasteiger partial charge on any atom is -0.393 e. The molecule has 1 saturated carbocycles. The van der Waals surface area contributed by atoms with E-state index in [-0.39, 0.29) is 16.7 Å². The van der Waals surface area contributed by atoms with Crippen LogP contribution in [0.5, 0.6) is 0 Å². The van der Waals surface area contributed by atoms with E-state index in [9.17, 15) is 15.2 Å². The van der Waals surface area contributed by atoms with Crippen molar-refractivity contribution in [3.8, 4) is 0 Å². The molecule has 2 unspecified atom stereocenters. The first-order valence-electron chi connectivity index (χ1n) is 6.69. The Hall–Kier alpha value is -1.46. The number of benzene rings is 1. The molecule has 0 radical (unpaired) electrons. The van der Waals surface area contributed by atoms with Gasteiger partial charge in [0.15, 0.2) is 0 Å². The van der Waals surface area contributed by atoms with Crippen molar-refractivity contribution in [3.05, 3.63) is 39.4 Å². The molecule has 104 valence electrons. The molecule has 0 bridgehead atoms. The maximum Gasteiger partial charge on any atom is 0.272 e.